The molecule has 2 aromatic rings. The van der Waals surface area contributed by atoms with Crippen LogP contribution in [0.3, 0.4) is 0 Å². The molecule has 142 valence electrons. The summed E-state index contributed by atoms with van der Waals surface area (Å²) in [6.07, 6.45) is 0.560. The highest BCUT2D eigenvalue weighted by Gasteiger charge is 2.27. The molecule has 2 unspecified atom stereocenters. The summed E-state index contributed by atoms with van der Waals surface area (Å²) in [5, 5.41) is 13.6. The molecule has 0 radical (unpaired) electrons. The van der Waals surface area contributed by atoms with Crippen molar-refractivity contribution in [2.24, 2.45) is 7.05 Å². The maximum Gasteiger partial charge on any atom is 0.275 e. The molecule has 1 amide bonds. The summed E-state index contributed by atoms with van der Waals surface area (Å²) < 4.78 is 35.8. The first-order valence-corrected chi connectivity index (χ1v) is 8.30. The Bertz CT molecular complexity index is 761. The van der Waals surface area contributed by atoms with Crippen LogP contribution in [-0.4, -0.2) is 52.1 Å². The molecular formula is C16H21F2N5O3. The van der Waals surface area contributed by atoms with Crippen molar-refractivity contribution in [1.82, 2.24) is 20.0 Å². The lowest BCUT2D eigenvalue weighted by molar-refractivity contribution is 0.0792. The number of aromatic nitrogens is 4. The first kappa shape index (κ1) is 18.3. The van der Waals surface area contributed by atoms with Gasteiger partial charge in [0.2, 0.25) is 5.88 Å². The summed E-state index contributed by atoms with van der Waals surface area (Å²) in [4.78, 5) is 12.4. The second-order valence-electron chi connectivity index (χ2n) is 6.22. The summed E-state index contributed by atoms with van der Waals surface area (Å²) in [6, 6.07) is 3.11. The third-order valence-electron chi connectivity index (χ3n) is 4.44. The SMILES string of the molecule is COC1CCC(c2cc(NC(=O)c3cc(OCC(F)F)nn3C)n[nH]2)C1. The van der Waals surface area contributed by atoms with E-state index in [0.717, 1.165) is 25.0 Å². The van der Waals surface area contributed by atoms with Crippen molar-refractivity contribution >= 4 is 11.7 Å². The number of carbonyl (C=O) groups is 1. The molecule has 1 fully saturated rings. The second kappa shape index (κ2) is 7.81. The van der Waals surface area contributed by atoms with Crippen LogP contribution in [0.4, 0.5) is 14.6 Å². The largest absolute Gasteiger partial charge is 0.471 e. The Hall–Kier alpha value is -2.49. The number of nitrogens with zero attached hydrogens (tertiary/aromatic N) is 3. The number of aromatic amines is 1. The van der Waals surface area contributed by atoms with E-state index in [1.807, 2.05) is 0 Å². The number of alkyl halides is 2. The summed E-state index contributed by atoms with van der Waals surface area (Å²) in [6.45, 7) is -0.773. The Morgan fingerprint density at radius 1 is 1.46 bits per heavy atom. The quantitative estimate of drug-likeness (QED) is 0.781. The molecule has 1 aliphatic carbocycles. The molecular weight excluding hydrogens is 348 g/mol. The van der Waals surface area contributed by atoms with E-state index in [1.165, 1.54) is 17.8 Å². The Morgan fingerprint density at radius 3 is 2.96 bits per heavy atom. The summed E-state index contributed by atoms with van der Waals surface area (Å²) in [5.41, 5.74) is 1.13. The normalized spacial score (nSPS) is 19.9. The predicted octanol–water partition coefficient (Wildman–Crippen LogP) is 2.32. The molecule has 0 aromatic carbocycles. The molecule has 0 bridgehead atoms. The highest BCUT2D eigenvalue weighted by Crippen LogP contribution is 2.35. The lowest BCUT2D eigenvalue weighted by atomic mass is 10.0. The van der Waals surface area contributed by atoms with Crippen LogP contribution in [0, 0.1) is 0 Å². The van der Waals surface area contributed by atoms with Crippen molar-refractivity contribution in [3.8, 4) is 5.88 Å². The molecule has 0 saturated heterocycles. The van der Waals surface area contributed by atoms with Crippen LogP contribution in [0.1, 0.15) is 41.4 Å². The first-order valence-electron chi connectivity index (χ1n) is 8.30. The third kappa shape index (κ3) is 4.18. The van der Waals surface area contributed by atoms with Gasteiger partial charge in [0.05, 0.1) is 6.10 Å². The number of methoxy groups -OCH3 is 1. The number of halogens is 2. The van der Waals surface area contributed by atoms with E-state index >= 15 is 0 Å². The fourth-order valence-electron chi connectivity index (χ4n) is 3.10. The number of aryl methyl sites for hydroxylation is 1. The molecule has 2 atom stereocenters. The maximum absolute atomic E-state index is 12.4. The van der Waals surface area contributed by atoms with Crippen LogP contribution in [0.2, 0.25) is 0 Å². The lowest BCUT2D eigenvalue weighted by Crippen LogP contribution is -2.16. The number of H-pyrrole nitrogens is 1. The lowest BCUT2D eigenvalue weighted by Gasteiger charge is -2.07. The molecule has 0 spiro atoms. The van der Waals surface area contributed by atoms with Gasteiger partial charge in [-0.15, -0.1) is 5.10 Å². The number of carbonyl (C=O) groups excluding carboxylic acids is 1. The van der Waals surface area contributed by atoms with Gasteiger partial charge in [0.15, 0.2) is 12.4 Å². The van der Waals surface area contributed by atoms with Crippen LogP contribution in [0.5, 0.6) is 5.88 Å². The number of hydrogen-bond donors (Lipinski definition) is 2. The summed E-state index contributed by atoms with van der Waals surface area (Å²) >= 11 is 0. The Morgan fingerprint density at radius 2 is 2.27 bits per heavy atom. The summed E-state index contributed by atoms with van der Waals surface area (Å²) in [5.74, 6) is 0.231. The number of rotatable bonds is 7. The molecule has 2 heterocycles. The summed E-state index contributed by atoms with van der Waals surface area (Å²) in [7, 11) is 3.24. The van der Waals surface area contributed by atoms with E-state index in [1.54, 1.807) is 13.2 Å². The van der Waals surface area contributed by atoms with Crippen LogP contribution >= 0.6 is 0 Å². The van der Waals surface area contributed by atoms with E-state index in [9.17, 15) is 13.6 Å². The van der Waals surface area contributed by atoms with Gasteiger partial charge in [-0.3, -0.25) is 14.6 Å². The van der Waals surface area contributed by atoms with Gasteiger partial charge in [0.1, 0.15) is 5.69 Å². The van der Waals surface area contributed by atoms with Gasteiger partial charge in [0, 0.05) is 37.9 Å². The molecule has 26 heavy (non-hydrogen) atoms. The minimum Gasteiger partial charge on any atom is -0.471 e. The number of nitrogens with one attached hydrogen (secondary N) is 2. The van der Waals surface area contributed by atoms with Crippen molar-refractivity contribution in [3.63, 3.8) is 0 Å². The van der Waals surface area contributed by atoms with Crippen LogP contribution in [0.15, 0.2) is 12.1 Å². The average molecular weight is 369 g/mol. The van der Waals surface area contributed by atoms with Crippen LogP contribution < -0.4 is 10.1 Å². The number of amides is 1. The average Bonchev–Trinajstić information content (AvgIpc) is 3.31. The van der Waals surface area contributed by atoms with Crippen molar-refractivity contribution in [2.75, 3.05) is 19.0 Å². The molecule has 2 N–H and O–H groups in total. The molecule has 10 heteroatoms. The van der Waals surface area contributed by atoms with Gasteiger partial charge in [-0.2, -0.15) is 5.10 Å². The van der Waals surface area contributed by atoms with Gasteiger partial charge < -0.3 is 14.8 Å². The van der Waals surface area contributed by atoms with E-state index in [2.05, 4.69) is 20.6 Å². The molecule has 1 saturated carbocycles. The van der Waals surface area contributed by atoms with Crippen LogP contribution in [0.25, 0.3) is 0 Å². The van der Waals surface area contributed by atoms with Gasteiger partial charge in [-0.05, 0) is 19.3 Å². The number of anilines is 1. The highest BCUT2D eigenvalue weighted by molar-refractivity contribution is 6.02. The molecule has 0 aliphatic heterocycles. The van der Waals surface area contributed by atoms with E-state index in [4.69, 9.17) is 9.47 Å². The standard InChI is InChI=1S/C16H21F2N5O3/c1-23-12(7-15(22-23)26-8-13(17)18)16(24)19-14-6-11(20-21-14)9-3-4-10(5-9)25-2/h6-7,9-10,13H,3-5,8H2,1-2H3,(H2,19,20,21,24). The fourth-order valence-corrected chi connectivity index (χ4v) is 3.10. The van der Waals surface area contributed by atoms with Crippen molar-refractivity contribution in [1.29, 1.82) is 0 Å². The maximum atomic E-state index is 12.4. The highest BCUT2D eigenvalue weighted by atomic mass is 19.3. The van der Waals surface area contributed by atoms with Gasteiger partial charge >= 0.3 is 0 Å². The minimum atomic E-state index is -2.61. The molecule has 3 rings (SSSR count). The molecule has 8 nitrogen and oxygen atoms in total. The minimum absolute atomic E-state index is 0.0303. The van der Waals surface area contributed by atoms with Crippen LogP contribution in [-0.2, 0) is 11.8 Å². The van der Waals surface area contributed by atoms with Gasteiger partial charge in [0.25, 0.3) is 12.3 Å². The fraction of sp³-hybridized carbons (Fsp3) is 0.562. The van der Waals surface area contributed by atoms with E-state index < -0.39 is 18.9 Å². The van der Waals surface area contributed by atoms with Crippen molar-refractivity contribution in [3.05, 3.63) is 23.5 Å². The zero-order valence-electron chi connectivity index (χ0n) is 14.5. The third-order valence-corrected chi connectivity index (χ3v) is 4.44. The second-order valence-corrected chi connectivity index (χ2v) is 6.22. The predicted molar refractivity (Wildman–Crippen MR) is 88.6 cm³/mol. The molecule has 1 aliphatic rings. The monoisotopic (exact) mass is 369 g/mol. The smallest absolute Gasteiger partial charge is 0.275 e. The zero-order valence-corrected chi connectivity index (χ0v) is 14.5. The van der Waals surface area contributed by atoms with E-state index in [-0.39, 0.29) is 17.7 Å². The number of ether oxygens (including phenoxy) is 2. The van der Waals surface area contributed by atoms with Crippen molar-refractivity contribution in [2.45, 2.75) is 37.7 Å². The first-order chi connectivity index (χ1) is 12.5. The Balaban J connectivity index is 1.62. The molecule has 2 aromatic heterocycles. The number of hydrogen-bond acceptors (Lipinski definition) is 5. The van der Waals surface area contributed by atoms with Gasteiger partial charge in [-0.1, -0.05) is 0 Å². The van der Waals surface area contributed by atoms with Crippen molar-refractivity contribution < 1.29 is 23.0 Å². The Kier molecular flexibility index (Phi) is 5.50. The van der Waals surface area contributed by atoms with E-state index in [0.29, 0.717) is 11.7 Å². The Labute approximate surface area is 148 Å². The zero-order chi connectivity index (χ0) is 18.7. The topological polar surface area (TPSA) is 94.1 Å². The van der Waals surface area contributed by atoms with Gasteiger partial charge in [-0.25, -0.2) is 8.78 Å².